The fourth-order valence-electron chi connectivity index (χ4n) is 4.65. The maximum absolute atomic E-state index is 13.5. The van der Waals surface area contributed by atoms with Crippen LogP contribution in [0.3, 0.4) is 0 Å². The van der Waals surface area contributed by atoms with Gasteiger partial charge in [-0.05, 0) is 86.6 Å². The number of rotatable bonds is 11. The van der Waals surface area contributed by atoms with Crippen LogP contribution in [-0.2, 0) is 54.0 Å². The number of benzene rings is 1. The van der Waals surface area contributed by atoms with E-state index in [2.05, 4.69) is 0 Å². The van der Waals surface area contributed by atoms with Crippen molar-refractivity contribution in [3.63, 3.8) is 0 Å². The highest BCUT2D eigenvalue weighted by Gasteiger charge is 2.58. The third-order valence-electron chi connectivity index (χ3n) is 7.79. The molecule has 2 atom stereocenters. The highest BCUT2D eigenvalue weighted by molar-refractivity contribution is 7.53. The second kappa shape index (κ2) is 15.8. The molecule has 1 amide bonds. The van der Waals surface area contributed by atoms with E-state index in [9.17, 15) is 38.3 Å². The third kappa shape index (κ3) is 11.0. The molecule has 0 aromatic heterocycles. The first-order valence-corrected chi connectivity index (χ1v) is 17.2. The van der Waals surface area contributed by atoms with Crippen molar-refractivity contribution in [1.29, 1.82) is 0 Å². The van der Waals surface area contributed by atoms with Gasteiger partial charge in [0, 0.05) is 6.54 Å². The van der Waals surface area contributed by atoms with Crippen LogP contribution < -0.4 is 0 Å². The Bertz CT molecular complexity index is 1320. The molecule has 0 saturated carbocycles. The molecule has 1 aromatic carbocycles. The van der Waals surface area contributed by atoms with Gasteiger partial charge in [0.25, 0.3) is 0 Å². The smallest absolute Gasteiger partial charge is 0.410 e. The van der Waals surface area contributed by atoms with Gasteiger partial charge in [0.2, 0.25) is 6.79 Å². The Kier molecular flexibility index (Phi) is 13.4. The molecule has 14 nitrogen and oxygen atoms in total. The van der Waals surface area contributed by atoms with E-state index >= 15 is 0 Å². The number of likely N-dealkylation sites (tertiary alicyclic amines) is 1. The molecular formula is C33H50NO13P. The van der Waals surface area contributed by atoms with Gasteiger partial charge in [-0.25, -0.2) is 9.59 Å². The highest BCUT2D eigenvalue weighted by Crippen LogP contribution is 2.58. The molecule has 0 bridgehead atoms. The molecule has 1 saturated heterocycles. The van der Waals surface area contributed by atoms with Crippen molar-refractivity contribution in [2.24, 2.45) is 22.2 Å². The van der Waals surface area contributed by atoms with Crippen LogP contribution in [0.2, 0.25) is 0 Å². The summed E-state index contributed by atoms with van der Waals surface area (Å²) in [5.74, 6) is -4.36. The number of carbonyl (C=O) groups excluding carboxylic acids is 5. The lowest BCUT2D eigenvalue weighted by atomic mass is 9.80. The summed E-state index contributed by atoms with van der Waals surface area (Å²) in [5.41, 5.74) is -2.29. The largest absolute Gasteiger partial charge is 0.464 e. The summed E-state index contributed by atoms with van der Waals surface area (Å²) in [6, 6.07) is 7.31. The normalized spacial score (nSPS) is 17.6. The molecule has 1 aromatic rings. The Labute approximate surface area is 281 Å². The number of amides is 1. The predicted molar refractivity (Wildman–Crippen MR) is 172 cm³/mol. The van der Waals surface area contributed by atoms with Crippen LogP contribution in [0.4, 0.5) is 4.79 Å². The van der Waals surface area contributed by atoms with E-state index in [0.717, 1.165) is 4.90 Å². The lowest BCUT2D eigenvalue weighted by molar-refractivity contribution is -0.177. The van der Waals surface area contributed by atoms with Crippen molar-refractivity contribution in [3.05, 3.63) is 35.9 Å². The SMILES string of the molecule is CC(C)(C)C(=O)OCOC(=O)[C@H]1C[C@@H](C(COC(=O)C(C)(C)C)(COC(=O)C(C)(C)C)P(=O)(O)O)CCN1C(=O)OCc1ccccc1. The van der Waals surface area contributed by atoms with Gasteiger partial charge < -0.3 is 33.5 Å². The van der Waals surface area contributed by atoms with Gasteiger partial charge in [0.05, 0.1) is 16.2 Å². The summed E-state index contributed by atoms with van der Waals surface area (Å²) in [5, 5.41) is -2.30. The average molecular weight is 700 g/mol. The Morgan fingerprint density at radius 2 is 1.23 bits per heavy atom. The average Bonchev–Trinajstić information content (AvgIpc) is 2.97. The number of nitrogens with zero attached hydrogens (tertiary/aromatic N) is 1. The monoisotopic (exact) mass is 699 g/mol. The first-order valence-electron chi connectivity index (χ1n) is 15.6. The molecule has 15 heteroatoms. The number of ether oxygens (including phenoxy) is 5. The van der Waals surface area contributed by atoms with Crippen LogP contribution in [-0.4, -0.2) is 82.4 Å². The van der Waals surface area contributed by atoms with Crippen molar-refractivity contribution in [3.8, 4) is 0 Å². The molecule has 0 unspecified atom stereocenters. The predicted octanol–water partition coefficient (Wildman–Crippen LogP) is 4.59. The van der Waals surface area contributed by atoms with Gasteiger partial charge in [0.1, 0.15) is 31.0 Å². The van der Waals surface area contributed by atoms with Gasteiger partial charge in [0.15, 0.2) is 0 Å². The van der Waals surface area contributed by atoms with Crippen molar-refractivity contribution >= 4 is 37.6 Å². The number of piperidine rings is 1. The molecule has 0 radical (unpaired) electrons. The zero-order valence-corrected chi connectivity index (χ0v) is 30.2. The lowest BCUT2D eigenvalue weighted by Crippen LogP contribution is -2.57. The first-order chi connectivity index (χ1) is 21.9. The number of hydrogen-bond acceptors (Lipinski definition) is 11. The van der Waals surface area contributed by atoms with Crippen LogP contribution in [0.5, 0.6) is 0 Å². The molecule has 270 valence electrons. The molecule has 48 heavy (non-hydrogen) atoms. The molecule has 0 aliphatic carbocycles. The third-order valence-corrected chi connectivity index (χ3v) is 9.57. The first kappa shape index (κ1) is 40.7. The number of hydrogen-bond donors (Lipinski definition) is 2. The van der Waals surface area contributed by atoms with Gasteiger partial charge >= 0.3 is 37.6 Å². The summed E-state index contributed by atoms with van der Waals surface area (Å²) < 4.78 is 40.0. The van der Waals surface area contributed by atoms with Gasteiger partial charge in [-0.15, -0.1) is 0 Å². The van der Waals surface area contributed by atoms with E-state index in [-0.39, 0.29) is 19.6 Å². The van der Waals surface area contributed by atoms with Crippen molar-refractivity contribution in [2.45, 2.75) is 93.0 Å². The molecule has 0 spiro atoms. The summed E-state index contributed by atoms with van der Waals surface area (Å²) in [4.78, 5) is 87.4. The minimum atomic E-state index is -5.31. The zero-order chi connectivity index (χ0) is 36.7. The van der Waals surface area contributed by atoms with E-state index in [1.54, 1.807) is 92.6 Å². The van der Waals surface area contributed by atoms with E-state index in [4.69, 9.17) is 23.7 Å². The number of esters is 4. The quantitative estimate of drug-likeness (QED) is 0.141. The van der Waals surface area contributed by atoms with Crippen LogP contribution in [0.25, 0.3) is 0 Å². The molecule has 1 fully saturated rings. The molecule has 1 aliphatic heterocycles. The Hall–Kier alpha value is -3.48. The summed E-state index contributed by atoms with van der Waals surface area (Å²) in [6.07, 6.45) is -1.40. The minimum Gasteiger partial charge on any atom is -0.464 e. The maximum atomic E-state index is 13.5. The Morgan fingerprint density at radius 1 is 0.750 bits per heavy atom. The fraction of sp³-hybridized carbons (Fsp3) is 0.667. The van der Waals surface area contributed by atoms with E-state index < -0.39 is 97.4 Å². The Balaban J connectivity index is 2.49. The van der Waals surface area contributed by atoms with E-state index in [0.29, 0.717) is 5.56 Å². The topological polar surface area (TPSA) is 192 Å². The fourth-order valence-corrected chi connectivity index (χ4v) is 5.82. The van der Waals surface area contributed by atoms with Crippen molar-refractivity contribution in [1.82, 2.24) is 4.90 Å². The summed E-state index contributed by atoms with van der Waals surface area (Å²) in [7, 11) is -5.31. The summed E-state index contributed by atoms with van der Waals surface area (Å²) in [6.45, 7) is 11.4. The van der Waals surface area contributed by atoms with Crippen molar-refractivity contribution < 1.29 is 62.0 Å². The standard InChI is InChI=1S/C33H50NO13P/c1-30(2,3)26(36)44-19-33(48(40,41)42,20-45-27(37)31(4,5)6)23-15-16-34(29(39)43-18-22-13-11-10-12-14-22)24(17-23)25(35)46-21-47-28(38)32(7,8)9/h10-14,23-24H,15-21H2,1-9H3,(H2,40,41,42)/t23-,24+/m0/s1. The molecule has 1 aliphatic rings. The van der Waals surface area contributed by atoms with Crippen LogP contribution in [0.1, 0.15) is 80.7 Å². The molecule has 2 N–H and O–H groups in total. The summed E-state index contributed by atoms with van der Waals surface area (Å²) >= 11 is 0. The van der Waals surface area contributed by atoms with E-state index in [1.165, 1.54) is 0 Å². The molecule has 2 rings (SSSR count). The zero-order valence-electron chi connectivity index (χ0n) is 29.3. The van der Waals surface area contributed by atoms with Crippen LogP contribution >= 0.6 is 7.60 Å². The minimum absolute atomic E-state index is 0.103. The van der Waals surface area contributed by atoms with Crippen LogP contribution in [0.15, 0.2) is 30.3 Å². The highest BCUT2D eigenvalue weighted by atomic mass is 31.2. The van der Waals surface area contributed by atoms with Gasteiger partial charge in [-0.1, -0.05) is 30.3 Å². The Morgan fingerprint density at radius 3 is 1.69 bits per heavy atom. The molecular weight excluding hydrogens is 649 g/mol. The molecule has 1 heterocycles. The second-order valence-electron chi connectivity index (χ2n) is 15.0. The van der Waals surface area contributed by atoms with Crippen molar-refractivity contribution in [2.75, 3.05) is 26.6 Å². The van der Waals surface area contributed by atoms with Crippen LogP contribution in [0, 0.1) is 22.2 Å². The number of carbonyl (C=O) groups is 5. The second-order valence-corrected chi connectivity index (χ2v) is 17.0. The van der Waals surface area contributed by atoms with E-state index in [1.807, 2.05) is 0 Å². The lowest BCUT2D eigenvalue weighted by Gasteiger charge is -2.46. The maximum Gasteiger partial charge on any atom is 0.410 e. The van der Waals surface area contributed by atoms with Gasteiger partial charge in [-0.2, -0.15) is 0 Å². The van der Waals surface area contributed by atoms with Gasteiger partial charge in [-0.3, -0.25) is 23.8 Å².